The summed E-state index contributed by atoms with van der Waals surface area (Å²) < 4.78 is 5.60. The predicted molar refractivity (Wildman–Crippen MR) is 106 cm³/mol. The van der Waals surface area contributed by atoms with Crippen molar-refractivity contribution in [1.82, 2.24) is 10.2 Å². The summed E-state index contributed by atoms with van der Waals surface area (Å²) in [5, 5.41) is 6.19. The Labute approximate surface area is 162 Å². The fourth-order valence-corrected chi connectivity index (χ4v) is 3.32. The number of carbonyl (C=O) groups excluding carboxylic acids is 2. The predicted octanol–water partition coefficient (Wildman–Crippen LogP) is 2.28. The number of amides is 2. The highest BCUT2D eigenvalue weighted by molar-refractivity contribution is 5.97. The Hall–Kier alpha value is -1.63. The van der Waals surface area contributed by atoms with Gasteiger partial charge in [-0.2, -0.15) is 0 Å². The van der Waals surface area contributed by atoms with Crippen LogP contribution < -0.4 is 10.6 Å². The Balaban J connectivity index is 0.00000338. The Kier molecular flexibility index (Phi) is 8.53. The van der Waals surface area contributed by atoms with Crippen molar-refractivity contribution >= 4 is 29.9 Å². The van der Waals surface area contributed by atoms with Gasteiger partial charge in [0, 0.05) is 19.3 Å². The number of aryl methyl sites for hydroxylation is 2. The number of halogens is 1. The standard InChI is InChI=1S/C19H29N3O3.ClH/c1-5-22(18(24)19(25-4)9-11-20-12-10-19)13-16(23)21-17-14(2)7-6-8-15(17)3;/h6-8,20H,5,9-13H2,1-4H3,(H,21,23);1H. The fraction of sp³-hybridized carbons (Fsp3) is 0.579. The van der Waals surface area contributed by atoms with Gasteiger partial charge in [-0.1, -0.05) is 18.2 Å². The first-order chi connectivity index (χ1) is 11.9. The van der Waals surface area contributed by atoms with Crippen LogP contribution in [0.15, 0.2) is 18.2 Å². The van der Waals surface area contributed by atoms with Crippen molar-refractivity contribution in [2.45, 2.75) is 39.2 Å². The van der Waals surface area contributed by atoms with Crippen molar-refractivity contribution in [3.63, 3.8) is 0 Å². The highest BCUT2D eigenvalue weighted by atomic mass is 35.5. The summed E-state index contributed by atoms with van der Waals surface area (Å²) in [6, 6.07) is 5.88. The minimum absolute atomic E-state index is 0. The van der Waals surface area contributed by atoms with Gasteiger partial charge in [0.15, 0.2) is 0 Å². The zero-order valence-electron chi connectivity index (χ0n) is 16.1. The molecule has 2 N–H and O–H groups in total. The summed E-state index contributed by atoms with van der Waals surface area (Å²) in [6.45, 7) is 7.78. The highest BCUT2D eigenvalue weighted by Crippen LogP contribution is 2.25. The lowest BCUT2D eigenvalue weighted by molar-refractivity contribution is -0.159. The molecule has 0 atom stereocenters. The number of nitrogens with one attached hydrogen (secondary N) is 2. The molecule has 2 amide bonds. The first-order valence-electron chi connectivity index (χ1n) is 8.85. The SMILES string of the molecule is CCN(CC(=O)Nc1c(C)cccc1C)C(=O)C1(OC)CCNCC1.Cl. The first kappa shape index (κ1) is 22.4. The minimum atomic E-state index is -0.819. The molecule has 0 radical (unpaired) electrons. The second-order valence-electron chi connectivity index (χ2n) is 6.58. The third-order valence-corrected chi connectivity index (χ3v) is 4.94. The molecule has 0 unspecified atom stereocenters. The van der Waals surface area contributed by atoms with E-state index in [2.05, 4.69) is 10.6 Å². The normalized spacial score (nSPS) is 15.7. The molecule has 0 aliphatic carbocycles. The van der Waals surface area contributed by atoms with Gasteiger partial charge < -0.3 is 20.3 Å². The van der Waals surface area contributed by atoms with Crippen LogP contribution in [0.4, 0.5) is 5.69 Å². The van der Waals surface area contributed by atoms with Crippen LogP contribution in [0.2, 0.25) is 0 Å². The van der Waals surface area contributed by atoms with Crippen molar-refractivity contribution in [2.24, 2.45) is 0 Å². The smallest absolute Gasteiger partial charge is 0.255 e. The van der Waals surface area contributed by atoms with E-state index in [1.807, 2.05) is 39.0 Å². The van der Waals surface area contributed by atoms with Crippen LogP contribution in [-0.4, -0.2) is 55.6 Å². The van der Waals surface area contributed by atoms with Gasteiger partial charge in [-0.15, -0.1) is 12.4 Å². The van der Waals surface area contributed by atoms with E-state index < -0.39 is 5.60 Å². The Morgan fingerprint density at radius 1 is 1.23 bits per heavy atom. The summed E-state index contributed by atoms with van der Waals surface area (Å²) in [6.07, 6.45) is 1.24. The largest absolute Gasteiger partial charge is 0.368 e. The average molecular weight is 384 g/mol. The molecule has 7 heteroatoms. The zero-order valence-corrected chi connectivity index (χ0v) is 16.9. The summed E-state index contributed by atoms with van der Waals surface area (Å²) in [4.78, 5) is 27.1. The molecule has 0 aromatic heterocycles. The van der Waals surface area contributed by atoms with Gasteiger partial charge in [0.1, 0.15) is 5.60 Å². The molecular formula is C19H30ClN3O3. The molecule has 1 saturated heterocycles. The molecule has 1 heterocycles. The number of carbonyl (C=O) groups is 2. The van der Waals surface area contributed by atoms with Gasteiger partial charge in [0.05, 0.1) is 6.54 Å². The van der Waals surface area contributed by atoms with Crippen LogP contribution in [0, 0.1) is 13.8 Å². The number of hydrogen-bond acceptors (Lipinski definition) is 4. The second-order valence-corrected chi connectivity index (χ2v) is 6.58. The van der Waals surface area contributed by atoms with Crippen LogP contribution in [0.1, 0.15) is 30.9 Å². The number of rotatable bonds is 6. The topological polar surface area (TPSA) is 70.7 Å². The van der Waals surface area contributed by atoms with Crippen molar-refractivity contribution in [1.29, 1.82) is 0 Å². The number of anilines is 1. The molecule has 1 fully saturated rings. The van der Waals surface area contributed by atoms with Gasteiger partial charge in [-0.3, -0.25) is 9.59 Å². The van der Waals surface area contributed by atoms with Crippen LogP contribution >= 0.6 is 12.4 Å². The van der Waals surface area contributed by atoms with Gasteiger partial charge in [-0.25, -0.2) is 0 Å². The molecular weight excluding hydrogens is 354 g/mol. The number of benzene rings is 1. The monoisotopic (exact) mass is 383 g/mol. The Morgan fingerprint density at radius 2 is 1.81 bits per heavy atom. The fourth-order valence-electron chi connectivity index (χ4n) is 3.32. The van der Waals surface area contributed by atoms with Gasteiger partial charge >= 0.3 is 0 Å². The van der Waals surface area contributed by atoms with Crippen LogP contribution in [0.3, 0.4) is 0 Å². The molecule has 1 aromatic rings. The van der Waals surface area contributed by atoms with E-state index in [4.69, 9.17) is 4.74 Å². The van der Waals surface area contributed by atoms with Crippen LogP contribution in [-0.2, 0) is 14.3 Å². The summed E-state index contributed by atoms with van der Waals surface area (Å²) in [5.74, 6) is -0.288. The molecule has 26 heavy (non-hydrogen) atoms. The maximum absolute atomic E-state index is 13.0. The quantitative estimate of drug-likeness (QED) is 0.790. The molecule has 1 aromatic carbocycles. The van der Waals surface area contributed by atoms with Crippen molar-refractivity contribution < 1.29 is 14.3 Å². The maximum Gasteiger partial charge on any atom is 0.255 e. The van der Waals surface area contributed by atoms with Crippen molar-refractivity contribution in [3.8, 4) is 0 Å². The van der Waals surface area contributed by atoms with E-state index in [9.17, 15) is 9.59 Å². The van der Waals surface area contributed by atoms with E-state index in [0.29, 0.717) is 19.4 Å². The van der Waals surface area contributed by atoms with Crippen LogP contribution in [0.25, 0.3) is 0 Å². The van der Waals surface area contributed by atoms with E-state index >= 15 is 0 Å². The average Bonchev–Trinajstić information content (AvgIpc) is 2.63. The number of piperidine rings is 1. The van der Waals surface area contributed by atoms with E-state index in [-0.39, 0.29) is 30.8 Å². The maximum atomic E-state index is 13.0. The number of likely N-dealkylation sites (N-methyl/N-ethyl adjacent to an activating group) is 1. The van der Waals surface area contributed by atoms with Crippen molar-refractivity contribution in [2.75, 3.05) is 38.6 Å². The lowest BCUT2D eigenvalue weighted by atomic mass is 9.90. The molecule has 1 aliphatic rings. The van der Waals surface area contributed by atoms with Crippen molar-refractivity contribution in [3.05, 3.63) is 29.3 Å². The summed E-state index contributed by atoms with van der Waals surface area (Å²) in [7, 11) is 1.58. The number of ether oxygens (including phenoxy) is 1. The van der Waals surface area contributed by atoms with Crippen LogP contribution in [0.5, 0.6) is 0 Å². The van der Waals surface area contributed by atoms with E-state index in [1.54, 1.807) is 12.0 Å². The van der Waals surface area contributed by atoms with E-state index in [0.717, 1.165) is 29.9 Å². The second kappa shape index (κ2) is 9.90. The molecule has 0 bridgehead atoms. The van der Waals surface area contributed by atoms with E-state index in [1.165, 1.54) is 0 Å². The minimum Gasteiger partial charge on any atom is -0.368 e. The van der Waals surface area contributed by atoms with Gasteiger partial charge in [0.25, 0.3) is 5.91 Å². The number of para-hydroxylation sites is 1. The lowest BCUT2D eigenvalue weighted by Gasteiger charge is -2.38. The number of hydrogen-bond donors (Lipinski definition) is 2. The van der Waals surface area contributed by atoms with Gasteiger partial charge in [-0.05, 0) is 57.8 Å². The molecule has 2 rings (SSSR count). The third-order valence-electron chi connectivity index (χ3n) is 4.94. The zero-order chi connectivity index (χ0) is 18.4. The number of methoxy groups -OCH3 is 1. The number of nitrogens with zero attached hydrogens (tertiary/aromatic N) is 1. The Morgan fingerprint density at radius 3 is 2.31 bits per heavy atom. The summed E-state index contributed by atoms with van der Waals surface area (Å²) in [5.41, 5.74) is 2.02. The summed E-state index contributed by atoms with van der Waals surface area (Å²) >= 11 is 0. The third kappa shape index (κ3) is 4.96. The first-order valence-corrected chi connectivity index (χ1v) is 8.85. The lowest BCUT2D eigenvalue weighted by Crippen LogP contribution is -2.56. The molecule has 0 saturated carbocycles. The molecule has 0 spiro atoms. The Bertz CT molecular complexity index is 610. The molecule has 6 nitrogen and oxygen atoms in total. The molecule has 146 valence electrons. The highest BCUT2D eigenvalue weighted by Gasteiger charge is 2.42. The van der Waals surface area contributed by atoms with Gasteiger partial charge in [0.2, 0.25) is 5.91 Å². The molecule has 1 aliphatic heterocycles.